The van der Waals surface area contributed by atoms with Gasteiger partial charge in [0.05, 0.1) is 0 Å². The van der Waals surface area contributed by atoms with Gasteiger partial charge in [0.1, 0.15) is 5.60 Å². The Morgan fingerprint density at radius 3 is 2.65 bits per heavy atom. The monoisotopic (exact) mass is 240 g/mol. The molecule has 1 fully saturated rings. The van der Waals surface area contributed by atoms with Gasteiger partial charge in [-0.1, -0.05) is 12.0 Å². The van der Waals surface area contributed by atoms with Crippen molar-refractivity contribution in [2.24, 2.45) is 11.0 Å². The Labute approximate surface area is 102 Å². The van der Waals surface area contributed by atoms with E-state index >= 15 is 0 Å². The van der Waals surface area contributed by atoms with Crippen LogP contribution in [0.25, 0.3) is 10.4 Å². The molecule has 1 rings (SSSR count). The van der Waals surface area contributed by atoms with Crippen LogP contribution in [0.3, 0.4) is 0 Å². The fraction of sp³-hybridized carbons (Fsp3) is 0.909. The van der Waals surface area contributed by atoms with Gasteiger partial charge in [-0.2, -0.15) is 0 Å². The van der Waals surface area contributed by atoms with Crippen LogP contribution in [0, 0.1) is 5.92 Å². The number of carbonyl (C=O) groups excluding carboxylic acids is 1. The third kappa shape index (κ3) is 4.15. The first kappa shape index (κ1) is 13.6. The first-order valence-corrected chi connectivity index (χ1v) is 5.85. The maximum Gasteiger partial charge on any atom is 0.410 e. The third-order valence-corrected chi connectivity index (χ3v) is 2.71. The zero-order valence-electron chi connectivity index (χ0n) is 10.9. The molecule has 0 aromatic heterocycles. The fourth-order valence-electron chi connectivity index (χ4n) is 1.86. The summed E-state index contributed by atoms with van der Waals surface area (Å²) in [5.74, 6) is 0.173. The SMILES string of the molecule is C[C@@H]1CN(C(=O)OC(C)(C)C)CC[C@@H]1N=[N+]=[N-]. The predicted octanol–water partition coefficient (Wildman–Crippen LogP) is 2.94. The maximum atomic E-state index is 11.8. The van der Waals surface area contributed by atoms with Crippen LogP contribution in [0.5, 0.6) is 0 Å². The van der Waals surface area contributed by atoms with Crippen LogP contribution in [0.1, 0.15) is 34.1 Å². The molecule has 1 aliphatic rings. The van der Waals surface area contributed by atoms with Gasteiger partial charge in [-0.3, -0.25) is 0 Å². The van der Waals surface area contributed by atoms with Crippen molar-refractivity contribution in [3.8, 4) is 0 Å². The van der Waals surface area contributed by atoms with E-state index in [1.165, 1.54) is 0 Å². The molecule has 17 heavy (non-hydrogen) atoms. The number of likely N-dealkylation sites (tertiary alicyclic amines) is 1. The van der Waals surface area contributed by atoms with Crippen LogP contribution < -0.4 is 0 Å². The van der Waals surface area contributed by atoms with Gasteiger partial charge in [-0.25, -0.2) is 4.79 Å². The molecule has 0 aromatic rings. The molecule has 1 saturated heterocycles. The van der Waals surface area contributed by atoms with Crippen LogP contribution in [0.4, 0.5) is 4.79 Å². The number of azide groups is 1. The largest absolute Gasteiger partial charge is 0.444 e. The highest BCUT2D eigenvalue weighted by Gasteiger charge is 2.30. The fourth-order valence-corrected chi connectivity index (χ4v) is 1.86. The lowest BCUT2D eigenvalue weighted by Gasteiger charge is -2.35. The molecule has 6 nitrogen and oxygen atoms in total. The molecule has 1 amide bonds. The van der Waals surface area contributed by atoms with Crippen LogP contribution in [0.15, 0.2) is 5.11 Å². The van der Waals surface area contributed by atoms with Gasteiger partial charge >= 0.3 is 6.09 Å². The van der Waals surface area contributed by atoms with Crippen molar-refractivity contribution in [1.29, 1.82) is 0 Å². The smallest absolute Gasteiger partial charge is 0.410 e. The Bertz CT molecular complexity index is 331. The zero-order chi connectivity index (χ0) is 13.1. The summed E-state index contributed by atoms with van der Waals surface area (Å²) in [5, 5.41) is 3.73. The van der Waals surface area contributed by atoms with Crippen molar-refractivity contribution in [2.45, 2.75) is 45.8 Å². The van der Waals surface area contributed by atoms with Gasteiger partial charge in [0.2, 0.25) is 0 Å². The number of rotatable bonds is 1. The minimum Gasteiger partial charge on any atom is -0.444 e. The minimum atomic E-state index is -0.470. The topological polar surface area (TPSA) is 78.3 Å². The van der Waals surface area contributed by atoms with E-state index in [0.29, 0.717) is 19.5 Å². The molecule has 6 heteroatoms. The maximum absolute atomic E-state index is 11.8. The van der Waals surface area contributed by atoms with Crippen molar-refractivity contribution >= 4 is 6.09 Å². The first-order valence-electron chi connectivity index (χ1n) is 5.85. The molecule has 0 spiro atoms. The molecule has 96 valence electrons. The van der Waals surface area contributed by atoms with Crippen molar-refractivity contribution in [2.75, 3.05) is 13.1 Å². The molecule has 0 unspecified atom stereocenters. The van der Waals surface area contributed by atoms with E-state index < -0.39 is 5.60 Å². The normalized spacial score (nSPS) is 25.1. The van der Waals surface area contributed by atoms with Gasteiger partial charge in [0.25, 0.3) is 0 Å². The van der Waals surface area contributed by atoms with Gasteiger partial charge < -0.3 is 9.64 Å². The molecule has 2 atom stereocenters. The summed E-state index contributed by atoms with van der Waals surface area (Å²) < 4.78 is 5.30. The summed E-state index contributed by atoms with van der Waals surface area (Å²) in [6.45, 7) is 8.70. The second-order valence-corrected chi connectivity index (χ2v) is 5.46. The summed E-state index contributed by atoms with van der Waals surface area (Å²) in [5.41, 5.74) is 7.95. The quantitative estimate of drug-likeness (QED) is 0.401. The van der Waals surface area contributed by atoms with Gasteiger partial charge in [0.15, 0.2) is 0 Å². The average molecular weight is 240 g/mol. The molecular weight excluding hydrogens is 220 g/mol. The molecule has 1 aliphatic heterocycles. The van der Waals surface area contributed by atoms with Crippen molar-refractivity contribution in [1.82, 2.24) is 4.90 Å². The predicted molar refractivity (Wildman–Crippen MR) is 64.5 cm³/mol. The molecule has 0 aromatic carbocycles. The molecule has 0 aliphatic carbocycles. The highest BCUT2D eigenvalue weighted by molar-refractivity contribution is 5.68. The zero-order valence-corrected chi connectivity index (χ0v) is 10.9. The summed E-state index contributed by atoms with van der Waals surface area (Å²) in [6.07, 6.45) is 0.411. The average Bonchev–Trinajstić information content (AvgIpc) is 2.18. The number of ether oxygens (including phenoxy) is 1. The van der Waals surface area contributed by atoms with E-state index in [9.17, 15) is 4.79 Å². The van der Waals surface area contributed by atoms with Crippen LogP contribution in [0.2, 0.25) is 0 Å². The Morgan fingerprint density at radius 2 is 2.18 bits per heavy atom. The summed E-state index contributed by atoms with van der Waals surface area (Å²) in [4.78, 5) is 16.3. The molecule has 0 bridgehead atoms. The lowest BCUT2D eigenvalue weighted by Crippen LogP contribution is -2.46. The third-order valence-electron chi connectivity index (χ3n) is 2.71. The number of hydrogen-bond acceptors (Lipinski definition) is 3. The Balaban J connectivity index is 2.55. The Morgan fingerprint density at radius 1 is 1.53 bits per heavy atom. The highest BCUT2D eigenvalue weighted by Crippen LogP contribution is 2.21. The van der Waals surface area contributed by atoms with Crippen molar-refractivity contribution < 1.29 is 9.53 Å². The molecule has 1 heterocycles. The second kappa shape index (κ2) is 5.27. The number of amides is 1. The second-order valence-electron chi connectivity index (χ2n) is 5.46. The van der Waals surface area contributed by atoms with E-state index in [-0.39, 0.29) is 18.1 Å². The molecule has 0 N–H and O–H groups in total. The highest BCUT2D eigenvalue weighted by atomic mass is 16.6. The summed E-state index contributed by atoms with van der Waals surface area (Å²) in [6, 6.07) is -0.0151. The number of carbonyl (C=O) groups is 1. The lowest BCUT2D eigenvalue weighted by molar-refractivity contribution is 0.0158. The van der Waals surface area contributed by atoms with Crippen molar-refractivity contribution in [3.05, 3.63) is 10.4 Å². The van der Waals surface area contributed by atoms with E-state index in [4.69, 9.17) is 10.3 Å². The van der Waals surface area contributed by atoms with Gasteiger partial charge in [-0.05, 0) is 38.6 Å². The number of piperidine rings is 1. The van der Waals surface area contributed by atoms with Crippen LogP contribution >= 0.6 is 0 Å². The van der Waals surface area contributed by atoms with Crippen LogP contribution in [-0.2, 0) is 4.74 Å². The Hall–Kier alpha value is -1.42. The van der Waals surface area contributed by atoms with Gasteiger partial charge in [0, 0.05) is 24.0 Å². The van der Waals surface area contributed by atoms with Gasteiger partial charge in [-0.15, -0.1) is 0 Å². The van der Waals surface area contributed by atoms with E-state index in [1.807, 2.05) is 27.7 Å². The lowest BCUT2D eigenvalue weighted by atomic mass is 9.95. The first-order chi connectivity index (χ1) is 7.83. The summed E-state index contributed by atoms with van der Waals surface area (Å²) in [7, 11) is 0. The minimum absolute atomic E-state index is 0.0151. The van der Waals surface area contributed by atoms with Crippen molar-refractivity contribution in [3.63, 3.8) is 0 Å². The van der Waals surface area contributed by atoms with E-state index in [1.54, 1.807) is 4.90 Å². The summed E-state index contributed by atoms with van der Waals surface area (Å²) >= 11 is 0. The van der Waals surface area contributed by atoms with E-state index in [0.717, 1.165) is 0 Å². The van der Waals surface area contributed by atoms with E-state index in [2.05, 4.69) is 10.0 Å². The molecular formula is C11H20N4O2. The molecule has 0 radical (unpaired) electrons. The number of hydrogen-bond donors (Lipinski definition) is 0. The molecule has 0 saturated carbocycles. The standard InChI is InChI=1S/C11H20N4O2/c1-8-7-15(6-5-9(8)13-14-12)10(16)17-11(2,3)4/h8-9H,5-7H2,1-4H3/t8-,9+/m1/s1. The number of nitrogens with zero attached hydrogens (tertiary/aromatic N) is 4. The van der Waals surface area contributed by atoms with Crippen LogP contribution in [-0.4, -0.2) is 35.7 Å². The Kier molecular flexibility index (Phi) is 4.23.